The topological polar surface area (TPSA) is 57.5 Å². The summed E-state index contributed by atoms with van der Waals surface area (Å²) in [6.45, 7) is 5.89. The molecule has 0 aliphatic heterocycles. The number of rotatable bonds is 4. The molecule has 1 rings (SSSR count). The Kier molecular flexibility index (Phi) is 4.07. The summed E-state index contributed by atoms with van der Waals surface area (Å²) in [5.41, 5.74) is 4.38. The summed E-state index contributed by atoms with van der Waals surface area (Å²) in [5, 5.41) is 18.0. The molecule has 0 saturated carbocycles. The summed E-state index contributed by atoms with van der Waals surface area (Å²) >= 11 is 0. The van der Waals surface area contributed by atoms with Gasteiger partial charge in [0.05, 0.1) is 13.0 Å². The monoisotopic (exact) mass is 222 g/mol. The van der Waals surface area contributed by atoms with Gasteiger partial charge in [-0.1, -0.05) is 12.1 Å². The van der Waals surface area contributed by atoms with Crippen LogP contribution in [0.4, 0.5) is 0 Å². The average Bonchev–Trinajstić information content (AvgIpc) is 2.23. The third-order valence-corrected chi connectivity index (χ3v) is 3.18. The maximum atomic E-state index is 10.7. The van der Waals surface area contributed by atoms with Gasteiger partial charge in [0.2, 0.25) is 0 Å². The highest BCUT2D eigenvalue weighted by atomic mass is 16.4. The first-order valence-electron chi connectivity index (χ1n) is 5.36. The second-order valence-corrected chi connectivity index (χ2v) is 4.20. The lowest BCUT2D eigenvalue weighted by atomic mass is 9.89. The Morgan fingerprint density at radius 3 is 2.38 bits per heavy atom. The molecule has 0 radical (unpaired) electrons. The van der Waals surface area contributed by atoms with Crippen LogP contribution >= 0.6 is 0 Å². The van der Waals surface area contributed by atoms with Crippen molar-refractivity contribution in [3.05, 3.63) is 34.4 Å². The third-order valence-electron chi connectivity index (χ3n) is 3.18. The molecule has 3 heteroatoms. The van der Waals surface area contributed by atoms with Crippen molar-refractivity contribution >= 4 is 5.97 Å². The van der Waals surface area contributed by atoms with E-state index in [0.29, 0.717) is 0 Å². The maximum Gasteiger partial charge on any atom is 0.304 e. The fraction of sp³-hybridized carbons (Fsp3) is 0.462. The molecule has 0 fully saturated rings. The SMILES string of the molecule is Cc1ccc(C(CO)CC(=O)O)c(C)c1C. The van der Waals surface area contributed by atoms with Crippen LogP contribution in [0.15, 0.2) is 12.1 Å². The first-order valence-corrected chi connectivity index (χ1v) is 5.36. The predicted octanol–water partition coefficient (Wildman–Crippen LogP) is 2.16. The molecule has 3 nitrogen and oxygen atoms in total. The van der Waals surface area contributed by atoms with Crippen molar-refractivity contribution < 1.29 is 15.0 Å². The minimum Gasteiger partial charge on any atom is -0.481 e. The lowest BCUT2D eigenvalue weighted by molar-refractivity contribution is -0.137. The lowest BCUT2D eigenvalue weighted by Gasteiger charge is -2.17. The van der Waals surface area contributed by atoms with Crippen molar-refractivity contribution in [2.45, 2.75) is 33.1 Å². The van der Waals surface area contributed by atoms with Crippen molar-refractivity contribution in [3.63, 3.8) is 0 Å². The van der Waals surface area contributed by atoms with E-state index in [0.717, 1.165) is 11.1 Å². The summed E-state index contributed by atoms with van der Waals surface area (Å²) < 4.78 is 0. The number of aliphatic hydroxyl groups is 1. The molecule has 1 aromatic rings. The molecule has 0 spiro atoms. The number of carboxylic acid groups (broad SMARTS) is 1. The molecule has 0 aliphatic carbocycles. The average molecular weight is 222 g/mol. The van der Waals surface area contributed by atoms with Crippen molar-refractivity contribution in [1.82, 2.24) is 0 Å². The zero-order chi connectivity index (χ0) is 12.3. The Morgan fingerprint density at radius 2 is 1.88 bits per heavy atom. The molecule has 0 aromatic heterocycles. The quantitative estimate of drug-likeness (QED) is 0.820. The van der Waals surface area contributed by atoms with E-state index < -0.39 is 5.97 Å². The number of hydrogen-bond donors (Lipinski definition) is 2. The van der Waals surface area contributed by atoms with Gasteiger partial charge in [-0.05, 0) is 43.0 Å². The van der Waals surface area contributed by atoms with E-state index in [1.165, 1.54) is 11.1 Å². The van der Waals surface area contributed by atoms with Gasteiger partial charge in [0, 0.05) is 5.92 Å². The van der Waals surface area contributed by atoms with Gasteiger partial charge in [-0.3, -0.25) is 4.79 Å². The van der Waals surface area contributed by atoms with Gasteiger partial charge in [-0.25, -0.2) is 0 Å². The molecule has 1 unspecified atom stereocenters. The summed E-state index contributed by atoms with van der Waals surface area (Å²) in [6, 6.07) is 3.89. The molecule has 88 valence electrons. The molecule has 0 heterocycles. The summed E-state index contributed by atoms with van der Waals surface area (Å²) in [6.07, 6.45) is -0.0279. The first kappa shape index (κ1) is 12.7. The van der Waals surface area contributed by atoms with Gasteiger partial charge in [0.15, 0.2) is 0 Å². The van der Waals surface area contributed by atoms with E-state index in [2.05, 4.69) is 0 Å². The van der Waals surface area contributed by atoms with Crippen LogP contribution in [-0.4, -0.2) is 22.8 Å². The highest BCUT2D eigenvalue weighted by molar-refractivity contribution is 5.68. The number of carbonyl (C=O) groups is 1. The van der Waals surface area contributed by atoms with Crippen LogP contribution in [0.1, 0.15) is 34.6 Å². The lowest BCUT2D eigenvalue weighted by Crippen LogP contribution is -2.12. The van der Waals surface area contributed by atoms with Crippen LogP contribution in [0.3, 0.4) is 0 Å². The number of benzene rings is 1. The zero-order valence-electron chi connectivity index (χ0n) is 9.95. The van der Waals surface area contributed by atoms with E-state index in [9.17, 15) is 9.90 Å². The number of aliphatic hydroxyl groups excluding tert-OH is 1. The summed E-state index contributed by atoms with van der Waals surface area (Å²) in [5.74, 6) is -1.19. The molecule has 0 aliphatic rings. The van der Waals surface area contributed by atoms with Gasteiger partial charge in [0.25, 0.3) is 0 Å². The largest absolute Gasteiger partial charge is 0.481 e. The maximum absolute atomic E-state index is 10.7. The summed E-state index contributed by atoms with van der Waals surface area (Å²) in [7, 11) is 0. The molecule has 16 heavy (non-hydrogen) atoms. The normalized spacial score (nSPS) is 12.5. The molecule has 0 bridgehead atoms. The number of hydrogen-bond acceptors (Lipinski definition) is 2. The zero-order valence-corrected chi connectivity index (χ0v) is 9.95. The van der Waals surface area contributed by atoms with Gasteiger partial charge in [-0.2, -0.15) is 0 Å². The van der Waals surface area contributed by atoms with E-state index in [1.807, 2.05) is 32.9 Å². The second kappa shape index (κ2) is 5.12. The number of carboxylic acids is 1. The van der Waals surface area contributed by atoms with E-state index >= 15 is 0 Å². The fourth-order valence-electron chi connectivity index (χ4n) is 1.90. The number of aryl methyl sites for hydroxylation is 1. The number of aliphatic carboxylic acids is 1. The highest BCUT2D eigenvalue weighted by Gasteiger charge is 2.17. The molecule has 2 N–H and O–H groups in total. The Balaban J connectivity index is 3.11. The van der Waals surface area contributed by atoms with Crippen LogP contribution in [-0.2, 0) is 4.79 Å². The van der Waals surface area contributed by atoms with E-state index in [4.69, 9.17) is 5.11 Å². The van der Waals surface area contributed by atoms with Gasteiger partial charge < -0.3 is 10.2 Å². The molecule has 1 atom stereocenters. The van der Waals surface area contributed by atoms with Crippen LogP contribution in [0.5, 0.6) is 0 Å². The minimum atomic E-state index is -0.878. The first-order chi connectivity index (χ1) is 7.47. The standard InChI is InChI=1S/C13H18O3/c1-8-4-5-12(10(3)9(8)2)11(7-14)6-13(15)16/h4-5,11,14H,6-7H2,1-3H3,(H,15,16). The molecular weight excluding hydrogens is 204 g/mol. The van der Waals surface area contributed by atoms with Crippen molar-refractivity contribution in [2.75, 3.05) is 6.61 Å². The van der Waals surface area contributed by atoms with Crippen LogP contribution in [0.25, 0.3) is 0 Å². The molecular formula is C13H18O3. The van der Waals surface area contributed by atoms with Gasteiger partial charge in [-0.15, -0.1) is 0 Å². The Morgan fingerprint density at radius 1 is 1.25 bits per heavy atom. The molecule has 1 aromatic carbocycles. The van der Waals surface area contributed by atoms with E-state index in [1.54, 1.807) is 0 Å². The summed E-state index contributed by atoms with van der Waals surface area (Å²) in [4.78, 5) is 10.7. The van der Waals surface area contributed by atoms with Crippen LogP contribution < -0.4 is 0 Å². The van der Waals surface area contributed by atoms with Gasteiger partial charge in [0.1, 0.15) is 0 Å². The van der Waals surface area contributed by atoms with Crippen LogP contribution in [0.2, 0.25) is 0 Å². The van der Waals surface area contributed by atoms with Crippen molar-refractivity contribution in [2.24, 2.45) is 0 Å². The highest BCUT2D eigenvalue weighted by Crippen LogP contribution is 2.26. The van der Waals surface area contributed by atoms with Crippen LogP contribution in [0, 0.1) is 20.8 Å². The fourth-order valence-corrected chi connectivity index (χ4v) is 1.90. The molecule has 0 amide bonds. The third kappa shape index (κ3) is 2.61. The van der Waals surface area contributed by atoms with E-state index in [-0.39, 0.29) is 18.9 Å². The Labute approximate surface area is 95.7 Å². The second-order valence-electron chi connectivity index (χ2n) is 4.20. The smallest absolute Gasteiger partial charge is 0.304 e. The van der Waals surface area contributed by atoms with Crippen molar-refractivity contribution in [1.29, 1.82) is 0 Å². The van der Waals surface area contributed by atoms with Gasteiger partial charge >= 0.3 is 5.97 Å². The Bertz CT molecular complexity index is 396. The predicted molar refractivity (Wildman–Crippen MR) is 62.7 cm³/mol. The molecule has 0 saturated heterocycles. The minimum absolute atomic E-state index is 0.0279. The van der Waals surface area contributed by atoms with Crippen molar-refractivity contribution in [3.8, 4) is 0 Å². The Hall–Kier alpha value is -1.35.